The van der Waals surface area contributed by atoms with Crippen LogP contribution in [0.15, 0.2) is 41.7 Å². The van der Waals surface area contributed by atoms with E-state index in [1.165, 1.54) is 5.56 Å². The lowest BCUT2D eigenvalue weighted by Crippen LogP contribution is -2.48. The van der Waals surface area contributed by atoms with Gasteiger partial charge in [-0.3, -0.25) is 9.67 Å². The molecule has 0 aliphatic carbocycles. The van der Waals surface area contributed by atoms with Crippen LogP contribution in [0.1, 0.15) is 43.4 Å². The number of morpholine rings is 1. The fourth-order valence-electron chi connectivity index (χ4n) is 3.48. The van der Waals surface area contributed by atoms with Crippen LogP contribution < -0.4 is 5.32 Å². The molecule has 1 saturated heterocycles. The predicted octanol–water partition coefficient (Wildman–Crippen LogP) is 4.22. The number of guanidine groups is 1. The minimum Gasteiger partial charge on any atom is -0.370 e. The van der Waals surface area contributed by atoms with E-state index in [2.05, 4.69) is 41.3 Å². The summed E-state index contributed by atoms with van der Waals surface area (Å²) in [5.74, 6) is 1.33. The van der Waals surface area contributed by atoms with Crippen molar-refractivity contribution in [2.24, 2.45) is 12.0 Å². The zero-order valence-electron chi connectivity index (χ0n) is 17.3. The van der Waals surface area contributed by atoms with Gasteiger partial charge >= 0.3 is 0 Å². The molecular weight excluding hydrogens is 501 g/mol. The number of hydrogen-bond donors (Lipinski definition) is 1. The Hall–Kier alpha value is -1.32. The highest BCUT2D eigenvalue weighted by atomic mass is 127. The van der Waals surface area contributed by atoms with Crippen LogP contribution >= 0.6 is 35.6 Å². The number of aliphatic imine (C=N–C) groups is 1. The van der Waals surface area contributed by atoms with Gasteiger partial charge in [-0.05, 0) is 31.0 Å². The van der Waals surface area contributed by atoms with E-state index in [-0.39, 0.29) is 30.1 Å². The highest BCUT2D eigenvalue weighted by Crippen LogP contribution is 2.24. The number of ether oxygens (including phenoxy) is 1. The van der Waals surface area contributed by atoms with Crippen LogP contribution in [0.2, 0.25) is 5.02 Å². The number of aryl methyl sites for hydroxylation is 1. The van der Waals surface area contributed by atoms with Gasteiger partial charge in [0.15, 0.2) is 5.96 Å². The van der Waals surface area contributed by atoms with Gasteiger partial charge in [0.25, 0.3) is 0 Å². The highest BCUT2D eigenvalue weighted by molar-refractivity contribution is 14.0. The van der Waals surface area contributed by atoms with Gasteiger partial charge in [-0.25, -0.2) is 0 Å². The molecule has 1 fully saturated rings. The quantitative estimate of drug-likeness (QED) is 0.344. The van der Waals surface area contributed by atoms with Crippen LogP contribution in [0.25, 0.3) is 0 Å². The minimum absolute atomic E-state index is 0. The summed E-state index contributed by atoms with van der Waals surface area (Å²) in [6.07, 6.45) is 4.95. The Morgan fingerprint density at radius 3 is 2.72 bits per heavy atom. The molecule has 0 amide bonds. The molecule has 0 radical (unpaired) electrons. The molecule has 1 aliphatic rings. The monoisotopic (exact) mass is 531 g/mol. The first kappa shape index (κ1) is 24.0. The lowest BCUT2D eigenvalue weighted by atomic mass is 9.97. The standard InChI is InChI=1S/C21H30ClN5O.HI/c1-4-16(17-6-8-19(22)9-7-17)12-24-21(23-5-2)27-10-11-28-20(15-27)18-13-25-26(3)14-18;/h6-9,13-14,16,20H,4-5,10-12,15H2,1-3H3,(H,23,24);1H. The summed E-state index contributed by atoms with van der Waals surface area (Å²) in [5.41, 5.74) is 2.39. The predicted molar refractivity (Wildman–Crippen MR) is 129 cm³/mol. The maximum Gasteiger partial charge on any atom is 0.194 e. The number of nitrogens with zero attached hydrogens (tertiary/aromatic N) is 4. The summed E-state index contributed by atoms with van der Waals surface area (Å²) < 4.78 is 7.79. The first-order valence-electron chi connectivity index (χ1n) is 9.99. The van der Waals surface area contributed by atoms with Crippen molar-refractivity contribution in [3.05, 3.63) is 52.8 Å². The second-order valence-corrected chi connectivity index (χ2v) is 7.54. The Labute approximate surface area is 195 Å². The van der Waals surface area contributed by atoms with E-state index >= 15 is 0 Å². The van der Waals surface area contributed by atoms with E-state index in [1.54, 1.807) is 0 Å². The van der Waals surface area contributed by atoms with E-state index < -0.39 is 0 Å². The first-order valence-corrected chi connectivity index (χ1v) is 10.4. The average Bonchev–Trinajstić information content (AvgIpc) is 3.15. The van der Waals surface area contributed by atoms with E-state index in [1.807, 2.05) is 36.3 Å². The molecule has 160 valence electrons. The minimum atomic E-state index is 0. The molecule has 2 unspecified atom stereocenters. The highest BCUT2D eigenvalue weighted by Gasteiger charge is 2.25. The van der Waals surface area contributed by atoms with Gasteiger partial charge in [-0.15, -0.1) is 24.0 Å². The maximum atomic E-state index is 6.03. The van der Waals surface area contributed by atoms with Crippen molar-refractivity contribution in [1.29, 1.82) is 0 Å². The van der Waals surface area contributed by atoms with Crippen LogP contribution in [-0.2, 0) is 11.8 Å². The first-order chi connectivity index (χ1) is 13.6. The van der Waals surface area contributed by atoms with E-state index in [9.17, 15) is 0 Å². The van der Waals surface area contributed by atoms with E-state index in [0.717, 1.165) is 49.1 Å². The molecule has 29 heavy (non-hydrogen) atoms. The summed E-state index contributed by atoms with van der Waals surface area (Å²) in [6.45, 7) is 8.18. The van der Waals surface area contributed by atoms with E-state index in [0.29, 0.717) is 12.5 Å². The Morgan fingerprint density at radius 1 is 1.34 bits per heavy atom. The van der Waals surface area contributed by atoms with Gasteiger partial charge in [-0.1, -0.05) is 30.7 Å². The van der Waals surface area contributed by atoms with Crippen LogP contribution in [0.4, 0.5) is 0 Å². The number of aromatic nitrogens is 2. The fraction of sp³-hybridized carbons (Fsp3) is 0.524. The Balaban J connectivity index is 0.00000300. The van der Waals surface area contributed by atoms with E-state index in [4.69, 9.17) is 21.3 Å². The third kappa shape index (κ3) is 6.58. The van der Waals surface area contributed by atoms with Gasteiger partial charge < -0.3 is 15.0 Å². The molecule has 0 saturated carbocycles. The summed E-state index contributed by atoms with van der Waals surface area (Å²) in [7, 11) is 1.93. The van der Waals surface area contributed by atoms with Gasteiger partial charge in [0, 0.05) is 49.4 Å². The third-order valence-corrected chi connectivity index (χ3v) is 5.35. The largest absolute Gasteiger partial charge is 0.370 e. The van der Waals surface area contributed by atoms with Crippen molar-refractivity contribution in [1.82, 2.24) is 20.0 Å². The molecule has 1 aliphatic heterocycles. The van der Waals surface area contributed by atoms with Crippen molar-refractivity contribution in [2.75, 3.05) is 32.8 Å². The van der Waals surface area contributed by atoms with Gasteiger partial charge in [0.2, 0.25) is 0 Å². The van der Waals surface area contributed by atoms with Gasteiger partial charge in [-0.2, -0.15) is 5.10 Å². The molecule has 1 N–H and O–H groups in total. The van der Waals surface area contributed by atoms with Crippen molar-refractivity contribution in [2.45, 2.75) is 32.3 Å². The Bertz CT molecular complexity index is 780. The summed E-state index contributed by atoms with van der Waals surface area (Å²) >= 11 is 6.03. The summed E-state index contributed by atoms with van der Waals surface area (Å²) in [5, 5.41) is 8.49. The number of benzene rings is 1. The molecule has 0 bridgehead atoms. The zero-order chi connectivity index (χ0) is 19.9. The Kier molecular flexibility index (Phi) is 9.71. The van der Waals surface area contributed by atoms with Gasteiger partial charge in [0.1, 0.15) is 6.10 Å². The molecule has 2 heterocycles. The fourth-order valence-corrected chi connectivity index (χ4v) is 3.60. The lowest BCUT2D eigenvalue weighted by Gasteiger charge is -2.35. The van der Waals surface area contributed by atoms with Crippen LogP contribution in [0.5, 0.6) is 0 Å². The Morgan fingerprint density at radius 2 is 2.10 bits per heavy atom. The number of nitrogens with one attached hydrogen (secondary N) is 1. The normalized spacial score (nSPS) is 18.3. The molecule has 8 heteroatoms. The van der Waals surface area contributed by atoms with Crippen LogP contribution in [0.3, 0.4) is 0 Å². The lowest BCUT2D eigenvalue weighted by molar-refractivity contribution is -0.00804. The van der Waals surface area contributed by atoms with Crippen LogP contribution in [-0.4, -0.2) is 53.4 Å². The van der Waals surface area contributed by atoms with Crippen molar-refractivity contribution >= 4 is 41.5 Å². The topological polar surface area (TPSA) is 54.7 Å². The van der Waals surface area contributed by atoms with Crippen molar-refractivity contribution in [3.63, 3.8) is 0 Å². The van der Waals surface area contributed by atoms with Gasteiger partial charge in [0.05, 0.1) is 19.3 Å². The second-order valence-electron chi connectivity index (χ2n) is 7.10. The summed E-state index contributed by atoms with van der Waals surface area (Å²) in [4.78, 5) is 7.25. The molecule has 6 nitrogen and oxygen atoms in total. The molecule has 2 aromatic rings. The molecular formula is C21H31ClIN5O. The molecule has 1 aromatic carbocycles. The maximum absolute atomic E-state index is 6.03. The van der Waals surface area contributed by atoms with Crippen molar-refractivity contribution in [3.8, 4) is 0 Å². The summed E-state index contributed by atoms with van der Waals surface area (Å²) in [6, 6.07) is 8.11. The van der Waals surface area contributed by atoms with Crippen molar-refractivity contribution < 1.29 is 4.74 Å². The van der Waals surface area contributed by atoms with Crippen LogP contribution in [0, 0.1) is 0 Å². The zero-order valence-corrected chi connectivity index (χ0v) is 20.4. The SMILES string of the molecule is CCNC(=NCC(CC)c1ccc(Cl)cc1)N1CCOC(c2cnn(C)c2)C1.I. The smallest absolute Gasteiger partial charge is 0.194 e. The molecule has 1 aromatic heterocycles. The molecule has 3 rings (SSSR count). The number of hydrogen-bond acceptors (Lipinski definition) is 3. The average molecular weight is 532 g/mol. The number of halogens is 2. The third-order valence-electron chi connectivity index (χ3n) is 5.09. The number of rotatable bonds is 6. The molecule has 0 spiro atoms. The second kappa shape index (κ2) is 11.8. The molecule has 2 atom stereocenters.